The molecule has 1 aliphatic rings. The molecule has 0 saturated carbocycles. The molecule has 0 bridgehead atoms. The van der Waals surface area contributed by atoms with Gasteiger partial charge in [-0.3, -0.25) is 0 Å². The van der Waals surface area contributed by atoms with Crippen LogP contribution >= 0.6 is 34.2 Å². The van der Waals surface area contributed by atoms with Crippen molar-refractivity contribution < 1.29 is 0 Å². The molecule has 0 spiro atoms. The number of rotatable bonds is 0. The van der Waals surface area contributed by atoms with Crippen LogP contribution in [0.5, 0.6) is 0 Å². The Balaban J connectivity index is 2.78. The van der Waals surface area contributed by atoms with Crippen molar-refractivity contribution in [3.8, 4) is 0 Å². The van der Waals surface area contributed by atoms with Gasteiger partial charge in [0.2, 0.25) is 0 Å². The summed E-state index contributed by atoms with van der Waals surface area (Å²) in [5, 5.41) is 1.73. The maximum Gasteiger partial charge on any atom is 0.109 e. The monoisotopic (exact) mass is 173 g/mol. The van der Waals surface area contributed by atoms with Crippen molar-refractivity contribution in [3.05, 3.63) is 9.77 Å². The minimum atomic E-state index is -0.531. The van der Waals surface area contributed by atoms with Crippen LogP contribution in [0.1, 0.15) is 0 Å². The first-order valence-corrected chi connectivity index (χ1v) is 4.66. The van der Waals surface area contributed by atoms with Gasteiger partial charge in [0.05, 0.1) is 0 Å². The second kappa shape index (κ2) is 2.40. The molecular formula is C2HCl2NS2. The molecule has 0 aromatic carbocycles. The van der Waals surface area contributed by atoms with Gasteiger partial charge in [-0.05, 0) is 10.7 Å². The smallest absolute Gasteiger partial charge is 0.109 e. The summed E-state index contributed by atoms with van der Waals surface area (Å²) in [6, 6.07) is 0. The fraction of sp³-hybridized carbons (Fsp3) is 0. The first kappa shape index (κ1) is 5.95. The van der Waals surface area contributed by atoms with Gasteiger partial charge in [0.1, 0.15) is 4.36 Å². The average molecular weight is 174 g/mol. The van der Waals surface area contributed by atoms with E-state index in [1.165, 1.54) is 11.9 Å². The van der Waals surface area contributed by atoms with Gasteiger partial charge in [-0.15, -0.1) is 0 Å². The van der Waals surface area contributed by atoms with Crippen molar-refractivity contribution in [3.63, 3.8) is 0 Å². The zero-order valence-corrected chi connectivity index (χ0v) is 6.24. The van der Waals surface area contributed by atoms with E-state index in [9.17, 15) is 0 Å². The molecule has 1 nitrogen and oxygen atoms in total. The standard InChI is InChI=1S/C2HCl2NS2/c3-2-1-6-5-7(2)4/h1H. The molecule has 0 N–H and O–H groups in total. The van der Waals surface area contributed by atoms with Crippen LogP contribution in [0, 0.1) is 0 Å². The van der Waals surface area contributed by atoms with Gasteiger partial charge in [0, 0.05) is 27.3 Å². The highest BCUT2D eigenvalue weighted by molar-refractivity contribution is 8.22. The van der Waals surface area contributed by atoms with Gasteiger partial charge in [0.25, 0.3) is 0 Å². The van der Waals surface area contributed by atoms with Gasteiger partial charge in [-0.2, -0.15) is 3.77 Å². The third-order valence-electron chi connectivity index (χ3n) is 0.415. The van der Waals surface area contributed by atoms with E-state index in [-0.39, 0.29) is 0 Å². The number of hydrogen-bond acceptors (Lipinski definition) is 2. The average Bonchev–Trinajstić information content (AvgIpc) is 1.91. The van der Waals surface area contributed by atoms with Crippen molar-refractivity contribution >= 4 is 44.1 Å². The third-order valence-corrected chi connectivity index (χ3v) is 4.13. The fourth-order valence-electron chi connectivity index (χ4n) is 0.176. The Hall–Kier alpha value is 0.820. The van der Waals surface area contributed by atoms with Gasteiger partial charge >= 0.3 is 0 Å². The highest BCUT2D eigenvalue weighted by Crippen LogP contribution is 2.28. The lowest BCUT2D eigenvalue weighted by atomic mass is 11.2. The summed E-state index contributed by atoms with van der Waals surface area (Å²) < 4.78 is 4.45. The SMILES string of the molecule is ClC1=CSN=S1Cl. The Kier molecular flexibility index (Phi) is 2.04. The summed E-state index contributed by atoms with van der Waals surface area (Å²) in [5.74, 6) is 0. The molecule has 1 aliphatic heterocycles. The molecule has 1 heterocycles. The van der Waals surface area contributed by atoms with E-state index in [0.717, 1.165) is 0 Å². The van der Waals surface area contributed by atoms with Crippen molar-refractivity contribution in [2.24, 2.45) is 3.77 Å². The number of hydrogen-bond donors (Lipinski definition) is 0. The van der Waals surface area contributed by atoms with Crippen LogP contribution in [-0.4, -0.2) is 0 Å². The summed E-state index contributed by atoms with van der Waals surface area (Å²) in [6.07, 6.45) is 0. The van der Waals surface area contributed by atoms with Crippen LogP contribution in [0.4, 0.5) is 0 Å². The van der Waals surface area contributed by atoms with E-state index in [1.54, 1.807) is 5.41 Å². The molecular weight excluding hydrogens is 173 g/mol. The lowest BCUT2D eigenvalue weighted by Crippen LogP contribution is -1.63. The summed E-state index contributed by atoms with van der Waals surface area (Å²) >= 11 is 6.79. The zero-order valence-electron chi connectivity index (χ0n) is 3.10. The van der Waals surface area contributed by atoms with Crippen LogP contribution in [0.15, 0.2) is 13.5 Å². The summed E-state index contributed by atoms with van der Waals surface area (Å²) in [4.78, 5) is 0. The Labute approximate surface area is 57.8 Å². The number of nitrogens with zero attached hydrogens (tertiary/aromatic N) is 1. The molecule has 0 aliphatic carbocycles. The molecule has 7 heavy (non-hydrogen) atoms. The summed E-state index contributed by atoms with van der Waals surface area (Å²) in [7, 11) is 4.97. The Bertz CT molecular complexity index is 125. The second-order valence-electron chi connectivity index (χ2n) is 0.839. The van der Waals surface area contributed by atoms with E-state index in [0.29, 0.717) is 4.36 Å². The van der Waals surface area contributed by atoms with Crippen molar-refractivity contribution in [2.45, 2.75) is 0 Å². The summed E-state index contributed by atoms with van der Waals surface area (Å²) in [5.41, 5.74) is 0. The molecule has 0 aromatic rings. The van der Waals surface area contributed by atoms with Crippen molar-refractivity contribution in [2.75, 3.05) is 0 Å². The quantitative estimate of drug-likeness (QED) is 0.514. The highest BCUT2D eigenvalue weighted by atomic mass is 35.7. The molecule has 0 fully saturated rings. The lowest BCUT2D eigenvalue weighted by molar-refractivity contribution is 2.12. The molecule has 0 amide bonds. The van der Waals surface area contributed by atoms with Crippen LogP contribution < -0.4 is 0 Å². The molecule has 40 valence electrons. The minimum absolute atomic E-state index is 0.531. The van der Waals surface area contributed by atoms with Gasteiger partial charge in [-0.25, -0.2) is 0 Å². The first-order valence-electron chi connectivity index (χ1n) is 1.44. The van der Waals surface area contributed by atoms with E-state index in [4.69, 9.17) is 22.3 Å². The molecule has 1 unspecified atom stereocenters. The maximum absolute atomic E-state index is 5.50. The topological polar surface area (TPSA) is 12.4 Å². The Morgan fingerprint density at radius 2 is 2.57 bits per heavy atom. The molecule has 0 saturated heterocycles. The molecule has 5 heteroatoms. The molecule has 1 atom stereocenters. The minimum Gasteiger partial charge on any atom is -0.169 e. The van der Waals surface area contributed by atoms with Gasteiger partial charge in [-0.1, -0.05) is 11.6 Å². The van der Waals surface area contributed by atoms with E-state index in [1.807, 2.05) is 0 Å². The van der Waals surface area contributed by atoms with Crippen LogP contribution in [0.2, 0.25) is 0 Å². The van der Waals surface area contributed by atoms with Crippen LogP contribution in [0.3, 0.4) is 0 Å². The maximum atomic E-state index is 5.50. The molecule has 1 rings (SSSR count). The van der Waals surface area contributed by atoms with Crippen LogP contribution in [-0.2, 0) is 9.90 Å². The largest absolute Gasteiger partial charge is 0.169 e. The highest BCUT2D eigenvalue weighted by Gasteiger charge is 2.02. The normalized spacial score (nSPS) is 29.4. The fourth-order valence-corrected chi connectivity index (χ4v) is 2.46. The third kappa shape index (κ3) is 1.35. The second-order valence-corrected chi connectivity index (χ2v) is 4.31. The van der Waals surface area contributed by atoms with Crippen molar-refractivity contribution in [1.82, 2.24) is 0 Å². The van der Waals surface area contributed by atoms with Gasteiger partial charge < -0.3 is 0 Å². The molecule has 0 radical (unpaired) electrons. The number of halogens is 2. The Morgan fingerprint density at radius 1 is 1.86 bits per heavy atom. The predicted octanol–water partition coefficient (Wildman–Crippen LogP) is 2.64. The van der Waals surface area contributed by atoms with Crippen LogP contribution in [0.25, 0.3) is 0 Å². The zero-order chi connectivity index (χ0) is 5.28. The van der Waals surface area contributed by atoms with E-state index in [2.05, 4.69) is 3.77 Å². The van der Waals surface area contributed by atoms with E-state index >= 15 is 0 Å². The predicted molar refractivity (Wildman–Crippen MR) is 37.2 cm³/mol. The lowest BCUT2D eigenvalue weighted by Gasteiger charge is -1.79. The first-order chi connectivity index (χ1) is 3.30. The van der Waals surface area contributed by atoms with Crippen molar-refractivity contribution in [1.29, 1.82) is 0 Å². The summed E-state index contributed by atoms with van der Waals surface area (Å²) in [6.45, 7) is 0. The Morgan fingerprint density at radius 3 is 2.71 bits per heavy atom. The molecule has 0 aromatic heterocycles. The van der Waals surface area contributed by atoms with Gasteiger partial charge in [0.15, 0.2) is 0 Å². The van der Waals surface area contributed by atoms with E-state index < -0.39 is 9.90 Å².